The van der Waals surface area contributed by atoms with Gasteiger partial charge in [-0.15, -0.1) is 0 Å². The molecule has 0 aromatic carbocycles. The Morgan fingerprint density at radius 2 is 0.617 bits per heavy atom. The van der Waals surface area contributed by atoms with Crippen LogP contribution in [-0.2, 0) is 14.3 Å². The maximum atomic E-state index is 12.6. The molecule has 0 aromatic rings. The predicted molar refractivity (Wildman–Crippen MR) is 356 cm³/mol. The largest absolute Gasteiger partial charge is 0.466 e. The van der Waals surface area contributed by atoms with Gasteiger partial charge in [-0.2, -0.15) is 0 Å². The van der Waals surface area contributed by atoms with Gasteiger partial charge in [-0.05, 0) is 57.8 Å². The van der Waals surface area contributed by atoms with Crippen LogP contribution in [0.1, 0.15) is 418 Å². The molecule has 6 nitrogen and oxygen atoms in total. The zero-order valence-electron chi connectivity index (χ0n) is 55.0. The third-order valence-electron chi connectivity index (χ3n) is 17.5. The Kier molecular flexibility index (Phi) is 69.4. The molecule has 0 bridgehead atoms. The van der Waals surface area contributed by atoms with E-state index >= 15 is 0 Å². The minimum Gasteiger partial charge on any atom is -0.466 e. The highest BCUT2D eigenvalue weighted by Crippen LogP contribution is 2.20. The fourth-order valence-corrected chi connectivity index (χ4v) is 11.9. The molecular weight excluding hydrogens is 995 g/mol. The molecule has 2 unspecified atom stereocenters. The molecule has 0 aliphatic carbocycles. The van der Waals surface area contributed by atoms with Crippen molar-refractivity contribution in [2.24, 2.45) is 0 Å². The monoisotopic (exact) mass is 1140 g/mol. The molecule has 1 amide bonds. The number of hydrogen-bond donors (Lipinski definition) is 3. The van der Waals surface area contributed by atoms with Crippen molar-refractivity contribution in [1.82, 2.24) is 5.32 Å². The average Bonchev–Trinajstić information content (AvgIpc) is 3.47. The van der Waals surface area contributed by atoms with Crippen molar-refractivity contribution in [3.05, 3.63) is 24.3 Å². The first-order valence-corrected chi connectivity index (χ1v) is 37.1. The molecule has 480 valence electrons. The van der Waals surface area contributed by atoms with Gasteiger partial charge in [-0.3, -0.25) is 9.59 Å². The number of unbranched alkanes of at least 4 members (excludes halogenated alkanes) is 55. The second-order valence-corrected chi connectivity index (χ2v) is 25.6. The van der Waals surface area contributed by atoms with Crippen LogP contribution in [0.25, 0.3) is 0 Å². The Hall–Kier alpha value is -1.66. The van der Waals surface area contributed by atoms with Crippen LogP contribution < -0.4 is 5.32 Å². The van der Waals surface area contributed by atoms with Crippen molar-refractivity contribution < 1.29 is 24.5 Å². The number of aliphatic hydroxyl groups is 2. The van der Waals surface area contributed by atoms with Gasteiger partial charge in [0.05, 0.1) is 25.4 Å². The Balaban J connectivity index is 3.35. The van der Waals surface area contributed by atoms with Crippen molar-refractivity contribution in [1.29, 1.82) is 0 Å². The highest BCUT2D eigenvalue weighted by atomic mass is 16.5. The van der Waals surface area contributed by atoms with Gasteiger partial charge in [0.15, 0.2) is 0 Å². The first kappa shape index (κ1) is 79.3. The Morgan fingerprint density at radius 3 is 0.951 bits per heavy atom. The van der Waals surface area contributed by atoms with Crippen LogP contribution in [0.15, 0.2) is 24.3 Å². The molecule has 0 spiro atoms. The number of nitrogens with one attached hydrogen (secondary N) is 1. The summed E-state index contributed by atoms with van der Waals surface area (Å²) in [5.74, 6) is -0.0220. The summed E-state index contributed by atoms with van der Waals surface area (Å²) < 4.78 is 5.49. The quantitative estimate of drug-likeness (QED) is 0.0320. The lowest BCUT2D eigenvalue weighted by Gasteiger charge is -2.22. The molecule has 0 saturated carbocycles. The van der Waals surface area contributed by atoms with E-state index in [-0.39, 0.29) is 18.5 Å². The second kappa shape index (κ2) is 70.8. The highest BCUT2D eigenvalue weighted by Gasteiger charge is 2.20. The van der Waals surface area contributed by atoms with Crippen LogP contribution in [0.4, 0.5) is 0 Å². The molecule has 0 radical (unpaired) electrons. The number of amides is 1. The fraction of sp³-hybridized carbons (Fsp3) is 0.920. The third-order valence-corrected chi connectivity index (χ3v) is 17.5. The molecule has 0 saturated heterocycles. The van der Waals surface area contributed by atoms with Gasteiger partial charge in [0.25, 0.3) is 0 Å². The summed E-state index contributed by atoms with van der Waals surface area (Å²) in [6, 6.07) is -0.540. The molecule has 81 heavy (non-hydrogen) atoms. The van der Waals surface area contributed by atoms with Gasteiger partial charge < -0.3 is 20.3 Å². The van der Waals surface area contributed by atoms with E-state index in [1.165, 1.54) is 334 Å². The summed E-state index contributed by atoms with van der Waals surface area (Å²) in [7, 11) is 0. The van der Waals surface area contributed by atoms with Crippen molar-refractivity contribution >= 4 is 11.9 Å². The number of esters is 1. The summed E-state index contributed by atoms with van der Waals surface area (Å²) in [5, 5.41) is 23.4. The molecule has 0 fully saturated rings. The van der Waals surface area contributed by atoms with Crippen LogP contribution in [0.3, 0.4) is 0 Å². The molecule has 3 N–H and O–H groups in total. The second-order valence-electron chi connectivity index (χ2n) is 25.6. The van der Waals surface area contributed by atoms with E-state index in [9.17, 15) is 19.8 Å². The van der Waals surface area contributed by atoms with Crippen molar-refractivity contribution in [3.8, 4) is 0 Å². The Labute approximate surface area is 507 Å². The molecular formula is C75H145NO5. The molecule has 2 atom stereocenters. The van der Waals surface area contributed by atoms with Gasteiger partial charge in [-0.1, -0.05) is 372 Å². The standard InChI is InChI=1S/C75H145NO5/c1-3-5-7-9-11-13-15-17-19-21-22-30-33-36-39-43-47-51-55-59-63-67-73(78)72(71-77)76-74(79)68-64-60-56-52-48-44-40-37-34-31-28-26-24-23-25-27-29-32-35-38-42-46-50-54-58-62-66-70-81-75(80)69-65-61-57-53-49-45-41-20-18-16-14-12-10-8-6-4-2/h14,16,20,41,72-73,77-78H,3-13,15,17-19,21-40,42-71H2,1-2H3,(H,76,79)/b16-14-,41-20-. The van der Waals surface area contributed by atoms with Gasteiger partial charge >= 0.3 is 5.97 Å². The molecule has 6 heteroatoms. The topological polar surface area (TPSA) is 95.9 Å². The van der Waals surface area contributed by atoms with Crippen molar-refractivity contribution in [3.63, 3.8) is 0 Å². The maximum Gasteiger partial charge on any atom is 0.305 e. The van der Waals surface area contributed by atoms with Gasteiger partial charge in [-0.25, -0.2) is 0 Å². The number of rotatable bonds is 70. The van der Waals surface area contributed by atoms with E-state index in [1.54, 1.807) is 0 Å². The van der Waals surface area contributed by atoms with Crippen LogP contribution in [0.2, 0.25) is 0 Å². The number of carbonyl (C=O) groups excluding carboxylic acids is 2. The maximum absolute atomic E-state index is 12.6. The summed E-state index contributed by atoms with van der Waals surface area (Å²) in [6.45, 7) is 4.97. The summed E-state index contributed by atoms with van der Waals surface area (Å²) in [5.41, 5.74) is 0. The third kappa shape index (κ3) is 67.3. The predicted octanol–water partition coefficient (Wildman–Crippen LogP) is 24.1. The van der Waals surface area contributed by atoms with Gasteiger partial charge in [0.1, 0.15) is 0 Å². The molecule has 0 heterocycles. The van der Waals surface area contributed by atoms with Crippen molar-refractivity contribution in [2.75, 3.05) is 13.2 Å². The van der Waals surface area contributed by atoms with Crippen LogP contribution in [0, 0.1) is 0 Å². The Morgan fingerprint density at radius 1 is 0.346 bits per heavy atom. The van der Waals surface area contributed by atoms with Gasteiger partial charge in [0, 0.05) is 12.8 Å². The number of aliphatic hydroxyl groups excluding tert-OH is 2. The lowest BCUT2D eigenvalue weighted by Crippen LogP contribution is -2.45. The number of allylic oxidation sites excluding steroid dienone is 4. The summed E-state index contributed by atoms with van der Waals surface area (Å²) in [6.07, 6.45) is 89.5. The fourth-order valence-electron chi connectivity index (χ4n) is 11.9. The minimum atomic E-state index is -0.663. The normalized spacial score (nSPS) is 12.6. The van der Waals surface area contributed by atoms with Crippen molar-refractivity contribution in [2.45, 2.75) is 431 Å². The van der Waals surface area contributed by atoms with E-state index < -0.39 is 12.1 Å². The number of ether oxygens (including phenoxy) is 1. The van der Waals surface area contributed by atoms with Crippen LogP contribution in [0.5, 0.6) is 0 Å². The lowest BCUT2D eigenvalue weighted by molar-refractivity contribution is -0.143. The lowest BCUT2D eigenvalue weighted by atomic mass is 10.0. The smallest absolute Gasteiger partial charge is 0.305 e. The highest BCUT2D eigenvalue weighted by molar-refractivity contribution is 5.76. The molecule has 0 aromatic heterocycles. The molecule has 0 aliphatic heterocycles. The van der Waals surface area contributed by atoms with E-state index in [0.29, 0.717) is 25.9 Å². The van der Waals surface area contributed by atoms with E-state index in [4.69, 9.17) is 4.74 Å². The van der Waals surface area contributed by atoms with E-state index in [0.717, 1.165) is 51.4 Å². The average molecular weight is 1140 g/mol. The van der Waals surface area contributed by atoms with Gasteiger partial charge in [0.2, 0.25) is 5.91 Å². The van der Waals surface area contributed by atoms with E-state index in [1.807, 2.05) is 0 Å². The zero-order valence-corrected chi connectivity index (χ0v) is 55.0. The molecule has 0 rings (SSSR count). The van der Waals surface area contributed by atoms with Crippen LogP contribution >= 0.6 is 0 Å². The zero-order chi connectivity index (χ0) is 58.5. The van der Waals surface area contributed by atoms with Crippen LogP contribution in [-0.4, -0.2) is 47.4 Å². The summed E-state index contributed by atoms with van der Waals surface area (Å²) in [4.78, 5) is 24.6. The SMILES string of the molecule is CCCCCC/C=C\C/C=C\CCCCCCCC(=O)OCCCCCCCCCCCCCCCCCCCCCCCCCCCCCC(=O)NC(CO)C(O)CCCCCCCCCCCCCCCCCCCCCCC. The van der Waals surface area contributed by atoms with E-state index in [2.05, 4.69) is 43.5 Å². The molecule has 0 aliphatic rings. The first-order chi connectivity index (χ1) is 40.0. The first-order valence-electron chi connectivity index (χ1n) is 37.1. The summed E-state index contributed by atoms with van der Waals surface area (Å²) >= 11 is 0. The number of hydrogen-bond acceptors (Lipinski definition) is 5. The number of carbonyl (C=O) groups is 2. The minimum absolute atomic E-state index is 0.00553. The Bertz CT molecular complexity index is 1270.